The van der Waals surface area contributed by atoms with E-state index in [9.17, 15) is 14.4 Å². The molecule has 114 valence electrons. The highest BCUT2D eigenvalue weighted by Gasteiger charge is 2.17. The molecule has 0 aliphatic carbocycles. The second-order valence-electron chi connectivity index (χ2n) is 4.43. The minimum absolute atomic E-state index is 0.00234. The van der Waals surface area contributed by atoms with Crippen molar-refractivity contribution in [2.24, 2.45) is 0 Å². The fraction of sp³-hybridized carbons (Fsp3) is 0.308. The number of nitrogens with zero attached hydrogens (tertiary/aromatic N) is 1. The molecule has 0 radical (unpaired) electrons. The van der Waals surface area contributed by atoms with Crippen molar-refractivity contribution in [3.63, 3.8) is 0 Å². The van der Waals surface area contributed by atoms with Crippen LogP contribution in [0.5, 0.6) is 0 Å². The first-order valence-corrected chi connectivity index (χ1v) is 7.59. The molecular weight excluding hydrogens is 360 g/mol. The van der Waals surface area contributed by atoms with E-state index < -0.39 is 17.9 Å². The Hall–Kier alpha value is -1.67. The minimum Gasteiger partial charge on any atom is -0.478 e. The minimum atomic E-state index is -1.19. The highest BCUT2D eigenvalue weighted by Crippen LogP contribution is 2.21. The van der Waals surface area contributed by atoms with Gasteiger partial charge in [0.25, 0.3) is 5.91 Å². The smallest absolute Gasteiger partial charge is 0.331 e. The first kappa shape index (κ1) is 17.4. The molecule has 1 rings (SSSR count). The Morgan fingerprint density at radius 3 is 2.43 bits per heavy atom. The molecule has 0 saturated heterocycles. The number of urea groups is 1. The molecule has 0 atom stereocenters. The third kappa shape index (κ3) is 4.98. The summed E-state index contributed by atoms with van der Waals surface area (Å²) in [6.07, 6.45) is 0. The van der Waals surface area contributed by atoms with Gasteiger partial charge in [0.15, 0.2) is 0 Å². The SMILES string of the molecule is CC(C(=O)O)=C(C)C(=O)NC(=O)N(C)Cc1csc(Br)c1. The molecule has 2 N–H and O–H groups in total. The third-order valence-corrected chi connectivity index (χ3v) is 4.39. The van der Waals surface area contributed by atoms with Crippen LogP contribution in [-0.2, 0) is 16.1 Å². The quantitative estimate of drug-likeness (QED) is 0.792. The molecule has 3 amide bonds. The van der Waals surface area contributed by atoms with Crippen molar-refractivity contribution in [3.8, 4) is 0 Å². The van der Waals surface area contributed by atoms with E-state index in [1.807, 2.05) is 11.4 Å². The number of hydrogen-bond acceptors (Lipinski definition) is 4. The Bertz CT molecular complexity index is 609. The number of halogens is 1. The first-order valence-electron chi connectivity index (χ1n) is 5.92. The van der Waals surface area contributed by atoms with Crippen LogP contribution in [0, 0.1) is 0 Å². The number of amides is 3. The predicted octanol–water partition coefficient (Wildman–Crippen LogP) is 2.60. The number of imide groups is 1. The molecule has 0 aliphatic heterocycles. The average molecular weight is 375 g/mol. The maximum atomic E-state index is 11.9. The Morgan fingerprint density at radius 2 is 1.95 bits per heavy atom. The molecule has 0 spiro atoms. The van der Waals surface area contributed by atoms with E-state index in [1.165, 1.54) is 30.1 Å². The van der Waals surface area contributed by atoms with Gasteiger partial charge < -0.3 is 10.0 Å². The van der Waals surface area contributed by atoms with Crippen molar-refractivity contribution in [2.75, 3.05) is 7.05 Å². The summed E-state index contributed by atoms with van der Waals surface area (Å²) >= 11 is 4.83. The summed E-state index contributed by atoms with van der Waals surface area (Å²) in [6, 6.07) is 1.30. The van der Waals surface area contributed by atoms with Gasteiger partial charge in [-0.25, -0.2) is 9.59 Å². The summed E-state index contributed by atoms with van der Waals surface area (Å²) in [5.74, 6) is -1.90. The lowest BCUT2D eigenvalue weighted by Crippen LogP contribution is -2.41. The largest absolute Gasteiger partial charge is 0.478 e. The van der Waals surface area contributed by atoms with Gasteiger partial charge in [0, 0.05) is 24.7 Å². The zero-order chi connectivity index (χ0) is 16.2. The van der Waals surface area contributed by atoms with E-state index in [0.717, 1.165) is 9.35 Å². The van der Waals surface area contributed by atoms with Crippen LogP contribution in [0.1, 0.15) is 19.4 Å². The number of carboxylic acids is 1. The molecule has 0 aliphatic rings. The van der Waals surface area contributed by atoms with E-state index >= 15 is 0 Å². The lowest BCUT2D eigenvalue weighted by atomic mass is 10.1. The summed E-state index contributed by atoms with van der Waals surface area (Å²) < 4.78 is 0.957. The number of carbonyl (C=O) groups excluding carboxylic acids is 2. The number of thiophene rings is 1. The molecule has 1 heterocycles. The molecule has 0 bridgehead atoms. The maximum absolute atomic E-state index is 11.9. The first-order chi connectivity index (χ1) is 9.72. The summed E-state index contributed by atoms with van der Waals surface area (Å²) in [5, 5.41) is 12.9. The van der Waals surface area contributed by atoms with E-state index in [1.54, 1.807) is 7.05 Å². The van der Waals surface area contributed by atoms with Gasteiger partial charge in [-0.1, -0.05) is 0 Å². The van der Waals surface area contributed by atoms with Crippen molar-refractivity contribution in [1.82, 2.24) is 10.2 Å². The molecule has 0 unspecified atom stereocenters. The van der Waals surface area contributed by atoms with Crippen LogP contribution in [0.3, 0.4) is 0 Å². The van der Waals surface area contributed by atoms with Crippen LogP contribution >= 0.6 is 27.3 Å². The second-order valence-corrected chi connectivity index (χ2v) is 6.72. The second kappa shape index (κ2) is 7.37. The van der Waals surface area contributed by atoms with Gasteiger partial charge in [-0.3, -0.25) is 10.1 Å². The molecule has 0 aromatic carbocycles. The Balaban J connectivity index is 2.66. The van der Waals surface area contributed by atoms with Gasteiger partial charge in [-0.2, -0.15) is 0 Å². The van der Waals surface area contributed by atoms with Crippen molar-refractivity contribution < 1.29 is 19.5 Å². The Labute approximate surface area is 134 Å². The van der Waals surface area contributed by atoms with Crippen molar-refractivity contribution in [2.45, 2.75) is 20.4 Å². The summed E-state index contributed by atoms with van der Waals surface area (Å²) in [6.45, 7) is 3.03. The lowest BCUT2D eigenvalue weighted by molar-refractivity contribution is -0.133. The van der Waals surface area contributed by atoms with Crippen molar-refractivity contribution in [3.05, 3.63) is 31.9 Å². The van der Waals surface area contributed by atoms with E-state index in [0.29, 0.717) is 6.54 Å². The highest BCUT2D eigenvalue weighted by atomic mass is 79.9. The zero-order valence-corrected chi connectivity index (χ0v) is 14.2. The van der Waals surface area contributed by atoms with Gasteiger partial charge in [-0.15, -0.1) is 11.3 Å². The summed E-state index contributed by atoms with van der Waals surface area (Å²) in [4.78, 5) is 35.8. The molecule has 1 aromatic heterocycles. The predicted molar refractivity (Wildman–Crippen MR) is 83.0 cm³/mol. The van der Waals surface area contributed by atoms with Crippen LogP contribution in [0.4, 0.5) is 4.79 Å². The molecule has 1 aromatic rings. The summed E-state index contributed by atoms with van der Waals surface area (Å²) in [7, 11) is 1.55. The summed E-state index contributed by atoms with van der Waals surface area (Å²) in [5.41, 5.74) is 0.846. The number of aliphatic carboxylic acids is 1. The number of nitrogens with one attached hydrogen (secondary N) is 1. The highest BCUT2D eigenvalue weighted by molar-refractivity contribution is 9.11. The van der Waals surface area contributed by atoms with Gasteiger partial charge >= 0.3 is 12.0 Å². The average Bonchev–Trinajstić information content (AvgIpc) is 2.81. The number of hydrogen-bond donors (Lipinski definition) is 2. The van der Waals surface area contributed by atoms with E-state index in [2.05, 4.69) is 21.2 Å². The van der Waals surface area contributed by atoms with Crippen LogP contribution in [0.15, 0.2) is 26.4 Å². The Morgan fingerprint density at radius 1 is 1.33 bits per heavy atom. The topological polar surface area (TPSA) is 86.7 Å². The van der Waals surface area contributed by atoms with Crippen molar-refractivity contribution >= 4 is 45.2 Å². The normalized spacial score (nSPS) is 11.6. The van der Waals surface area contributed by atoms with Gasteiger partial charge in [0.1, 0.15) is 0 Å². The molecule has 8 heteroatoms. The molecule has 21 heavy (non-hydrogen) atoms. The molecular formula is C13H15BrN2O4S. The van der Waals surface area contributed by atoms with Gasteiger partial charge in [0.2, 0.25) is 0 Å². The van der Waals surface area contributed by atoms with Gasteiger partial charge in [-0.05, 0) is 46.8 Å². The lowest BCUT2D eigenvalue weighted by Gasteiger charge is -2.17. The number of carbonyl (C=O) groups is 3. The molecule has 0 saturated carbocycles. The van der Waals surface area contributed by atoms with Gasteiger partial charge in [0.05, 0.1) is 3.79 Å². The standard InChI is InChI=1S/C13H15BrN2O4S/c1-7(8(2)12(18)19)11(17)15-13(20)16(3)5-9-4-10(14)21-6-9/h4,6H,5H2,1-3H3,(H,18,19)(H,15,17,20). The van der Waals surface area contributed by atoms with Crippen LogP contribution in [0.25, 0.3) is 0 Å². The Kier molecular flexibility index (Phi) is 6.10. The van der Waals surface area contributed by atoms with Crippen LogP contribution in [0.2, 0.25) is 0 Å². The number of rotatable bonds is 4. The van der Waals surface area contributed by atoms with E-state index in [-0.39, 0.29) is 11.1 Å². The number of carboxylic acid groups (broad SMARTS) is 1. The molecule has 6 nitrogen and oxygen atoms in total. The van der Waals surface area contributed by atoms with E-state index in [4.69, 9.17) is 5.11 Å². The van der Waals surface area contributed by atoms with Crippen LogP contribution < -0.4 is 5.32 Å². The zero-order valence-electron chi connectivity index (χ0n) is 11.8. The fourth-order valence-electron chi connectivity index (χ4n) is 1.39. The molecule has 0 fully saturated rings. The monoisotopic (exact) mass is 374 g/mol. The maximum Gasteiger partial charge on any atom is 0.331 e. The van der Waals surface area contributed by atoms with Crippen LogP contribution in [-0.4, -0.2) is 35.0 Å². The fourth-order valence-corrected chi connectivity index (χ4v) is 2.59. The third-order valence-electron chi connectivity index (χ3n) is 2.83. The van der Waals surface area contributed by atoms with Crippen molar-refractivity contribution in [1.29, 1.82) is 0 Å².